The maximum Gasteiger partial charge on any atom is 0.193 e. The predicted octanol–water partition coefficient (Wildman–Crippen LogP) is 6.62. The molecule has 0 unspecified atom stereocenters. The molecule has 5 heteroatoms. The second-order valence-corrected chi connectivity index (χ2v) is 9.13. The number of methoxy groups -OCH3 is 4. The highest BCUT2D eigenvalue weighted by atomic mass is 16.5. The third-order valence-corrected chi connectivity index (χ3v) is 7.01. The van der Waals surface area contributed by atoms with Crippen molar-refractivity contribution in [2.45, 2.75) is 6.42 Å². The van der Waals surface area contributed by atoms with Crippen molar-refractivity contribution >= 4 is 10.8 Å². The number of pyridine rings is 1. The van der Waals surface area contributed by atoms with Crippen LogP contribution in [0.2, 0.25) is 0 Å². The predicted molar refractivity (Wildman–Crippen MR) is 151 cm³/mol. The van der Waals surface area contributed by atoms with E-state index in [-0.39, 0.29) is 0 Å². The third-order valence-electron chi connectivity index (χ3n) is 7.01. The van der Waals surface area contributed by atoms with E-state index in [1.165, 1.54) is 11.1 Å². The standard InChI is InChI=1S/C33H32NO4/c1-34-18-17-26-28(29(34)19-22-11-16-30(35-2)31(20-22)36-3)21-27(33(38-5)32(26)37-4)25-14-12-24(13-15-25)23-9-7-6-8-10-23/h6-18,20-21H,19H2,1-5H3/q+1. The molecule has 0 spiro atoms. The van der Waals surface area contributed by atoms with E-state index in [0.717, 1.165) is 44.7 Å². The van der Waals surface area contributed by atoms with Crippen LogP contribution in [-0.4, -0.2) is 28.4 Å². The summed E-state index contributed by atoms with van der Waals surface area (Å²) in [5, 5.41) is 2.10. The largest absolute Gasteiger partial charge is 0.493 e. The van der Waals surface area contributed by atoms with Gasteiger partial charge in [0.25, 0.3) is 0 Å². The normalized spacial score (nSPS) is 10.9. The first-order chi connectivity index (χ1) is 18.6. The fraction of sp³-hybridized carbons (Fsp3) is 0.182. The molecule has 5 nitrogen and oxygen atoms in total. The summed E-state index contributed by atoms with van der Waals surface area (Å²) in [6, 6.07) is 29.3. The fourth-order valence-electron chi connectivity index (χ4n) is 5.02. The lowest BCUT2D eigenvalue weighted by Gasteiger charge is -2.17. The molecule has 192 valence electrons. The van der Waals surface area contributed by atoms with E-state index in [9.17, 15) is 0 Å². The van der Waals surface area contributed by atoms with Crippen molar-refractivity contribution in [1.29, 1.82) is 0 Å². The van der Waals surface area contributed by atoms with E-state index in [4.69, 9.17) is 18.9 Å². The summed E-state index contributed by atoms with van der Waals surface area (Å²) in [6.45, 7) is 0. The smallest absolute Gasteiger partial charge is 0.193 e. The Balaban J connectivity index is 1.66. The van der Waals surface area contributed by atoms with Gasteiger partial charge in [0.2, 0.25) is 0 Å². The molecule has 5 rings (SSSR count). The van der Waals surface area contributed by atoms with Crippen molar-refractivity contribution < 1.29 is 23.5 Å². The van der Waals surface area contributed by atoms with Gasteiger partial charge in [0, 0.05) is 17.0 Å². The number of aromatic nitrogens is 1. The first-order valence-corrected chi connectivity index (χ1v) is 12.5. The van der Waals surface area contributed by atoms with Gasteiger partial charge >= 0.3 is 0 Å². The molecule has 0 aliphatic heterocycles. The Hall–Kier alpha value is -4.51. The Morgan fingerprint density at radius 3 is 1.89 bits per heavy atom. The van der Waals surface area contributed by atoms with Crippen LogP contribution in [0.15, 0.2) is 91.1 Å². The summed E-state index contributed by atoms with van der Waals surface area (Å²) >= 11 is 0. The molecule has 0 bridgehead atoms. The van der Waals surface area contributed by atoms with Gasteiger partial charge in [0.1, 0.15) is 7.05 Å². The van der Waals surface area contributed by atoms with Crippen molar-refractivity contribution in [2.24, 2.45) is 7.05 Å². The SMILES string of the molecule is COc1ccc(Cc2c3cc(-c4ccc(-c5ccccc5)cc4)c(OC)c(OC)c3cc[n+]2C)cc1OC. The molecule has 1 aromatic heterocycles. The van der Waals surface area contributed by atoms with E-state index in [0.29, 0.717) is 17.9 Å². The number of hydrogen-bond acceptors (Lipinski definition) is 4. The van der Waals surface area contributed by atoms with Gasteiger partial charge in [-0.3, -0.25) is 0 Å². The van der Waals surface area contributed by atoms with Gasteiger partial charge in [-0.15, -0.1) is 0 Å². The number of hydrogen-bond donors (Lipinski definition) is 0. The zero-order chi connectivity index (χ0) is 26.6. The van der Waals surface area contributed by atoms with Crippen molar-refractivity contribution in [2.75, 3.05) is 28.4 Å². The quantitative estimate of drug-likeness (QED) is 0.222. The van der Waals surface area contributed by atoms with Crippen molar-refractivity contribution in [3.63, 3.8) is 0 Å². The summed E-state index contributed by atoms with van der Waals surface area (Å²) in [6.07, 6.45) is 2.77. The van der Waals surface area contributed by atoms with Crippen LogP contribution < -0.4 is 23.5 Å². The number of rotatable bonds is 8. The van der Waals surface area contributed by atoms with Crippen molar-refractivity contribution in [3.05, 3.63) is 102 Å². The highest BCUT2D eigenvalue weighted by Gasteiger charge is 2.23. The van der Waals surface area contributed by atoms with E-state index in [1.807, 2.05) is 18.2 Å². The highest BCUT2D eigenvalue weighted by molar-refractivity contribution is 5.98. The van der Waals surface area contributed by atoms with E-state index in [1.54, 1.807) is 28.4 Å². The maximum absolute atomic E-state index is 5.95. The molecule has 0 aliphatic rings. The highest BCUT2D eigenvalue weighted by Crippen LogP contribution is 2.44. The zero-order valence-corrected chi connectivity index (χ0v) is 22.4. The van der Waals surface area contributed by atoms with Crippen LogP contribution in [0, 0.1) is 0 Å². The van der Waals surface area contributed by atoms with Gasteiger partial charge in [-0.05, 0) is 40.5 Å². The summed E-state index contributed by atoms with van der Waals surface area (Å²) < 4.78 is 25.0. The summed E-state index contributed by atoms with van der Waals surface area (Å²) in [5.41, 5.74) is 6.67. The monoisotopic (exact) mass is 506 g/mol. The second-order valence-electron chi connectivity index (χ2n) is 9.13. The van der Waals surface area contributed by atoms with Crippen LogP contribution in [0.4, 0.5) is 0 Å². The van der Waals surface area contributed by atoms with Crippen molar-refractivity contribution in [3.8, 4) is 45.3 Å². The number of nitrogens with zero attached hydrogens (tertiary/aromatic N) is 1. The molecule has 0 saturated carbocycles. The first-order valence-electron chi connectivity index (χ1n) is 12.5. The summed E-state index contributed by atoms with van der Waals surface area (Å²) in [7, 11) is 8.77. The van der Waals surface area contributed by atoms with Crippen LogP contribution in [0.5, 0.6) is 23.0 Å². The second kappa shape index (κ2) is 10.9. The Labute approximate surface area is 223 Å². The Bertz CT molecular complexity index is 1580. The summed E-state index contributed by atoms with van der Waals surface area (Å²) in [4.78, 5) is 0. The van der Waals surface area contributed by atoms with Crippen LogP contribution >= 0.6 is 0 Å². The average molecular weight is 507 g/mol. The lowest BCUT2D eigenvalue weighted by Crippen LogP contribution is -2.33. The molecule has 0 fully saturated rings. The van der Waals surface area contributed by atoms with Gasteiger partial charge in [-0.25, -0.2) is 4.57 Å². The molecule has 4 aromatic carbocycles. The molecule has 0 amide bonds. The zero-order valence-electron chi connectivity index (χ0n) is 22.4. The molecule has 38 heavy (non-hydrogen) atoms. The Morgan fingerprint density at radius 2 is 1.24 bits per heavy atom. The molecule has 0 N–H and O–H groups in total. The molecule has 5 aromatic rings. The number of aryl methyl sites for hydroxylation is 1. The minimum atomic E-state index is 0.704. The van der Waals surface area contributed by atoms with Crippen LogP contribution in [0.25, 0.3) is 33.0 Å². The topological polar surface area (TPSA) is 40.8 Å². The van der Waals surface area contributed by atoms with E-state index in [2.05, 4.69) is 84.5 Å². The van der Waals surface area contributed by atoms with Gasteiger partial charge < -0.3 is 18.9 Å². The van der Waals surface area contributed by atoms with Gasteiger partial charge in [0.15, 0.2) is 34.9 Å². The molecule has 0 atom stereocenters. The molecular formula is C33H32NO4+. The lowest BCUT2D eigenvalue weighted by atomic mass is 9.95. The first kappa shape index (κ1) is 25.2. The molecule has 0 aliphatic carbocycles. The molecule has 1 heterocycles. The van der Waals surface area contributed by atoms with Gasteiger partial charge in [0.05, 0.1) is 40.2 Å². The number of benzene rings is 4. The maximum atomic E-state index is 5.95. The van der Waals surface area contributed by atoms with Gasteiger partial charge in [-0.1, -0.05) is 60.7 Å². The Morgan fingerprint density at radius 1 is 0.579 bits per heavy atom. The molecular weight excluding hydrogens is 474 g/mol. The average Bonchev–Trinajstić information content (AvgIpc) is 2.98. The number of ether oxygens (including phenoxy) is 4. The van der Waals surface area contributed by atoms with E-state index >= 15 is 0 Å². The van der Waals surface area contributed by atoms with Gasteiger partial charge in [-0.2, -0.15) is 0 Å². The van der Waals surface area contributed by atoms with Crippen molar-refractivity contribution in [1.82, 2.24) is 0 Å². The minimum absolute atomic E-state index is 0.704. The lowest BCUT2D eigenvalue weighted by molar-refractivity contribution is -0.677. The molecule has 0 saturated heterocycles. The van der Waals surface area contributed by atoms with Crippen LogP contribution in [-0.2, 0) is 13.5 Å². The molecule has 0 radical (unpaired) electrons. The number of fused-ring (bicyclic) bond motifs is 1. The van der Waals surface area contributed by atoms with Crippen LogP contribution in [0.3, 0.4) is 0 Å². The minimum Gasteiger partial charge on any atom is -0.493 e. The fourth-order valence-corrected chi connectivity index (χ4v) is 5.02. The van der Waals surface area contributed by atoms with Crippen LogP contribution in [0.1, 0.15) is 11.3 Å². The Kier molecular flexibility index (Phi) is 7.18. The van der Waals surface area contributed by atoms with E-state index < -0.39 is 0 Å². The summed E-state index contributed by atoms with van der Waals surface area (Å²) in [5.74, 6) is 2.87. The third kappa shape index (κ3) is 4.63.